The van der Waals surface area contributed by atoms with E-state index in [1.807, 2.05) is 19.2 Å². The van der Waals surface area contributed by atoms with Crippen LogP contribution in [0.3, 0.4) is 0 Å². The van der Waals surface area contributed by atoms with Crippen LogP contribution in [-0.4, -0.2) is 36.6 Å². The largest absolute Gasteiger partial charge is 0.383 e. The smallest absolute Gasteiger partial charge is 0.0393 e. The van der Waals surface area contributed by atoms with Crippen LogP contribution in [0.25, 0.3) is 0 Å². The number of rotatable bonds is 4. The molecule has 0 saturated heterocycles. The van der Waals surface area contributed by atoms with Crippen molar-refractivity contribution in [2.75, 3.05) is 26.0 Å². The summed E-state index contributed by atoms with van der Waals surface area (Å²) in [5, 5.41) is 3.38. The molecule has 0 aliphatic heterocycles. The maximum Gasteiger partial charge on any atom is 0.0393 e. The summed E-state index contributed by atoms with van der Waals surface area (Å²) in [5.74, 6) is 0. The number of nitrogens with one attached hydrogen (secondary N) is 1. The van der Waals surface area contributed by atoms with E-state index in [4.69, 9.17) is 0 Å². The molecule has 0 aromatic carbocycles. The van der Waals surface area contributed by atoms with Gasteiger partial charge in [0, 0.05) is 30.2 Å². The van der Waals surface area contributed by atoms with Gasteiger partial charge in [0.05, 0.1) is 0 Å². The van der Waals surface area contributed by atoms with Crippen molar-refractivity contribution >= 4 is 5.69 Å². The number of hydrogen-bond donors (Lipinski definition) is 1. The lowest BCUT2D eigenvalue weighted by atomic mass is 10.3. The number of pyridine rings is 1. The number of anilines is 1. The maximum absolute atomic E-state index is 4.15. The molecule has 0 spiro atoms. The van der Waals surface area contributed by atoms with Gasteiger partial charge >= 0.3 is 0 Å². The second-order valence-electron chi connectivity index (χ2n) is 3.88. The first-order valence-corrected chi connectivity index (χ1v) is 4.92. The fourth-order valence-electron chi connectivity index (χ4n) is 1.10. The van der Waals surface area contributed by atoms with Gasteiger partial charge in [0.2, 0.25) is 0 Å². The first-order chi connectivity index (χ1) is 6.59. The van der Waals surface area contributed by atoms with Gasteiger partial charge in [0.25, 0.3) is 0 Å². The van der Waals surface area contributed by atoms with Crippen molar-refractivity contribution in [1.82, 2.24) is 9.88 Å². The van der Waals surface area contributed by atoms with E-state index in [1.54, 1.807) is 0 Å². The zero-order valence-electron chi connectivity index (χ0n) is 9.41. The number of aryl methyl sites for hydroxylation is 1. The van der Waals surface area contributed by atoms with E-state index in [9.17, 15) is 0 Å². The van der Waals surface area contributed by atoms with Crippen molar-refractivity contribution in [1.29, 1.82) is 0 Å². The molecule has 0 fully saturated rings. The first kappa shape index (κ1) is 11.0. The van der Waals surface area contributed by atoms with E-state index in [1.165, 1.54) is 0 Å². The van der Waals surface area contributed by atoms with Crippen LogP contribution in [0.5, 0.6) is 0 Å². The van der Waals surface area contributed by atoms with Crippen molar-refractivity contribution in [3.05, 3.63) is 24.0 Å². The molecular formula is C11H19N3. The predicted octanol–water partition coefficient (Wildman–Crippen LogP) is 1.75. The first-order valence-electron chi connectivity index (χ1n) is 4.92. The lowest BCUT2D eigenvalue weighted by Gasteiger charge is -2.20. The molecule has 0 amide bonds. The molecule has 1 rings (SSSR count). The summed E-state index contributed by atoms with van der Waals surface area (Å²) in [6, 6.07) is 4.58. The topological polar surface area (TPSA) is 28.2 Å². The van der Waals surface area contributed by atoms with Crippen LogP contribution in [0, 0.1) is 6.92 Å². The lowest BCUT2D eigenvalue weighted by molar-refractivity contribution is 0.326. The molecule has 1 atom stereocenters. The fourth-order valence-corrected chi connectivity index (χ4v) is 1.10. The monoisotopic (exact) mass is 193 g/mol. The van der Waals surface area contributed by atoms with E-state index in [0.717, 1.165) is 17.9 Å². The van der Waals surface area contributed by atoms with E-state index in [2.05, 4.69) is 42.3 Å². The highest BCUT2D eigenvalue weighted by Gasteiger charge is 2.03. The third kappa shape index (κ3) is 3.34. The standard InChI is InChI=1S/C11H19N3/c1-9-7-11(5-6-12-9)13-8-10(2)14(3)4/h5-7,10H,8H2,1-4H3,(H,12,13). The quantitative estimate of drug-likeness (QED) is 0.789. The molecule has 1 aromatic rings. The Bertz CT molecular complexity index is 284. The van der Waals surface area contributed by atoms with Crippen LogP contribution >= 0.6 is 0 Å². The Morgan fingerprint density at radius 3 is 2.79 bits per heavy atom. The number of nitrogens with zero attached hydrogens (tertiary/aromatic N) is 2. The molecule has 1 unspecified atom stereocenters. The highest BCUT2D eigenvalue weighted by atomic mass is 15.1. The third-order valence-electron chi connectivity index (χ3n) is 2.38. The second kappa shape index (κ2) is 4.96. The average Bonchev–Trinajstić information content (AvgIpc) is 2.14. The molecule has 14 heavy (non-hydrogen) atoms. The van der Waals surface area contributed by atoms with Gasteiger partial charge in [-0.25, -0.2) is 0 Å². The summed E-state index contributed by atoms with van der Waals surface area (Å²) < 4.78 is 0. The summed E-state index contributed by atoms with van der Waals surface area (Å²) in [4.78, 5) is 6.35. The fraction of sp³-hybridized carbons (Fsp3) is 0.545. The normalized spacial score (nSPS) is 12.9. The highest BCUT2D eigenvalue weighted by molar-refractivity contribution is 5.42. The third-order valence-corrected chi connectivity index (χ3v) is 2.38. The molecule has 0 aliphatic carbocycles. The summed E-state index contributed by atoms with van der Waals surface area (Å²) in [6.45, 7) is 5.15. The Morgan fingerprint density at radius 2 is 2.21 bits per heavy atom. The zero-order chi connectivity index (χ0) is 10.6. The number of aromatic nitrogens is 1. The van der Waals surface area contributed by atoms with Crippen LogP contribution in [-0.2, 0) is 0 Å². The van der Waals surface area contributed by atoms with Crippen molar-refractivity contribution in [3.63, 3.8) is 0 Å². The minimum Gasteiger partial charge on any atom is -0.383 e. The van der Waals surface area contributed by atoms with Gasteiger partial charge in [-0.15, -0.1) is 0 Å². The van der Waals surface area contributed by atoms with Gasteiger partial charge < -0.3 is 10.2 Å². The van der Waals surface area contributed by atoms with Crippen LogP contribution in [0.4, 0.5) is 5.69 Å². The molecule has 1 aromatic heterocycles. The van der Waals surface area contributed by atoms with Crippen LogP contribution < -0.4 is 5.32 Å². The van der Waals surface area contributed by atoms with Crippen molar-refractivity contribution < 1.29 is 0 Å². The molecule has 0 aliphatic rings. The van der Waals surface area contributed by atoms with Crippen LogP contribution in [0.1, 0.15) is 12.6 Å². The lowest BCUT2D eigenvalue weighted by Crippen LogP contribution is -2.31. The SMILES string of the molecule is Cc1cc(NCC(C)N(C)C)ccn1. The molecule has 1 heterocycles. The second-order valence-corrected chi connectivity index (χ2v) is 3.88. The van der Waals surface area contributed by atoms with Gasteiger partial charge in [-0.05, 0) is 40.1 Å². The van der Waals surface area contributed by atoms with Crippen molar-refractivity contribution in [2.45, 2.75) is 19.9 Å². The molecule has 0 bridgehead atoms. The molecular weight excluding hydrogens is 174 g/mol. The Hall–Kier alpha value is -1.09. The van der Waals surface area contributed by atoms with E-state index >= 15 is 0 Å². The Balaban J connectivity index is 2.45. The molecule has 1 N–H and O–H groups in total. The molecule has 3 nitrogen and oxygen atoms in total. The van der Waals surface area contributed by atoms with E-state index in [-0.39, 0.29) is 0 Å². The zero-order valence-corrected chi connectivity index (χ0v) is 9.41. The van der Waals surface area contributed by atoms with Gasteiger partial charge in [0.15, 0.2) is 0 Å². The summed E-state index contributed by atoms with van der Waals surface area (Å²) >= 11 is 0. The summed E-state index contributed by atoms with van der Waals surface area (Å²) in [5.41, 5.74) is 2.19. The molecule has 3 heteroatoms. The van der Waals surface area contributed by atoms with Gasteiger partial charge in [-0.3, -0.25) is 4.98 Å². The summed E-state index contributed by atoms with van der Waals surface area (Å²) in [7, 11) is 4.17. The molecule has 78 valence electrons. The Morgan fingerprint density at radius 1 is 1.50 bits per heavy atom. The number of likely N-dealkylation sites (N-methyl/N-ethyl adjacent to an activating group) is 1. The highest BCUT2D eigenvalue weighted by Crippen LogP contribution is 2.07. The average molecular weight is 193 g/mol. The minimum absolute atomic E-state index is 0.531. The van der Waals surface area contributed by atoms with E-state index < -0.39 is 0 Å². The van der Waals surface area contributed by atoms with Gasteiger partial charge in [-0.1, -0.05) is 0 Å². The predicted molar refractivity (Wildman–Crippen MR) is 60.6 cm³/mol. The minimum atomic E-state index is 0.531. The molecule has 0 saturated carbocycles. The van der Waals surface area contributed by atoms with Crippen LogP contribution in [0.15, 0.2) is 18.3 Å². The van der Waals surface area contributed by atoms with E-state index in [0.29, 0.717) is 6.04 Å². The van der Waals surface area contributed by atoms with Crippen molar-refractivity contribution in [2.24, 2.45) is 0 Å². The van der Waals surface area contributed by atoms with Crippen molar-refractivity contribution in [3.8, 4) is 0 Å². The van der Waals surface area contributed by atoms with Gasteiger partial charge in [0.1, 0.15) is 0 Å². The van der Waals surface area contributed by atoms with Crippen LogP contribution in [0.2, 0.25) is 0 Å². The van der Waals surface area contributed by atoms with Gasteiger partial charge in [-0.2, -0.15) is 0 Å². The molecule has 0 radical (unpaired) electrons. The maximum atomic E-state index is 4.15. The Labute approximate surface area is 86.2 Å². The summed E-state index contributed by atoms with van der Waals surface area (Å²) in [6.07, 6.45) is 1.83. The Kier molecular flexibility index (Phi) is 3.89. The number of hydrogen-bond acceptors (Lipinski definition) is 3.